The zero-order valence-corrected chi connectivity index (χ0v) is 12.6. The molecule has 2 aromatic carbocycles. The number of ether oxygens (including phenoxy) is 1. The van der Waals surface area contributed by atoms with Gasteiger partial charge in [0.1, 0.15) is 11.6 Å². The minimum Gasteiger partial charge on any atom is -0.484 e. The summed E-state index contributed by atoms with van der Waals surface area (Å²) in [6.45, 7) is -0.171. The number of rotatable bonds is 4. The van der Waals surface area contributed by atoms with Crippen LogP contribution >= 0.6 is 22.6 Å². The van der Waals surface area contributed by atoms with E-state index in [1.807, 2.05) is 18.2 Å². The van der Waals surface area contributed by atoms with E-state index in [2.05, 4.69) is 27.9 Å². The summed E-state index contributed by atoms with van der Waals surface area (Å²) in [6, 6.07) is 11.1. The molecular weight excluding hydrogens is 374 g/mol. The lowest BCUT2D eigenvalue weighted by atomic mass is 10.2. The maximum absolute atomic E-state index is 13.1. The highest BCUT2D eigenvalue weighted by molar-refractivity contribution is 14.1. The number of hydrogen-bond donors (Lipinski definition) is 2. The lowest BCUT2D eigenvalue weighted by Crippen LogP contribution is -2.20. The van der Waals surface area contributed by atoms with Crippen LogP contribution in [0.4, 0.5) is 15.8 Å². The molecule has 6 heteroatoms. The lowest BCUT2D eigenvalue weighted by molar-refractivity contribution is -0.118. The fourth-order valence-electron chi connectivity index (χ4n) is 1.53. The molecule has 0 aliphatic rings. The highest BCUT2D eigenvalue weighted by Gasteiger charge is 2.07. The summed E-state index contributed by atoms with van der Waals surface area (Å²) in [7, 11) is 0. The van der Waals surface area contributed by atoms with Crippen molar-refractivity contribution < 1.29 is 13.9 Å². The Balaban J connectivity index is 1.94. The first kappa shape index (κ1) is 14.6. The van der Waals surface area contributed by atoms with Crippen LogP contribution in [0.15, 0.2) is 42.5 Å². The Kier molecular flexibility index (Phi) is 4.78. The number of nitrogen functional groups attached to an aromatic ring is 1. The summed E-state index contributed by atoms with van der Waals surface area (Å²) >= 11 is 2.15. The normalized spacial score (nSPS) is 10.1. The Bertz CT molecular complexity index is 634. The molecule has 0 spiro atoms. The van der Waals surface area contributed by atoms with Gasteiger partial charge in [0.2, 0.25) is 0 Å². The summed E-state index contributed by atoms with van der Waals surface area (Å²) in [6.07, 6.45) is 0. The van der Waals surface area contributed by atoms with Crippen molar-refractivity contribution >= 4 is 39.9 Å². The van der Waals surface area contributed by atoms with Crippen LogP contribution in [-0.4, -0.2) is 12.5 Å². The first-order valence-corrected chi connectivity index (χ1v) is 6.86. The van der Waals surface area contributed by atoms with E-state index >= 15 is 0 Å². The molecule has 20 heavy (non-hydrogen) atoms. The molecule has 0 radical (unpaired) electrons. The molecule has 1 amide bonds. The van der Waals surface area contributed by atoms with E-state index in [0.717, 1.165) is 3.57 Å². The number of benzene rings is 2. The van der Waals surface area contributed by atoms with E-state index in [1.165, 1.54) is 18.2 Å². The third-order valence-electron chi connectivity index (χ3n) is 2.46. The Labute approximate surface area is 129 Å². The predicted molar refractivity (Wildman–Crippen MR) is 84.1 cm³/mol. The highest BCUT2D eigenvalue weighted by atomic mass is 127. The standard InChI is InChI=1S/C14H12FIN2O2/c15-9-4-5-12(17)13(6-9)18-14(19)8-20-11-3-1-2-10(16)7-11/h1-7H,8,17H2,(H,18,19). The molecule has 3 N–H and O–H groups in total. The molecule has 0 aliphatic carbocycles. The van der Waals surface area contributed by atoms with Crippen LogP contribution in [0.1, 0.15) is 0 Å². The first-order valence-electron chi connectivity index (χ1n) is 5.78. The topological polar surface area (TPSA) is 64.3 Å². The van der Waals surface area contributed by atoms with Crippen LogP contribution in [-0.2, 0) is 4.79 Å². The van der Waals surface area contributed by atoms with Gasteiger partial charge in [0.05, 0.1) is 11.4 Å². The van der Waals surface area contributed by atoms with Gasteiger partial charge in [-0.15, -0.1) is 0 Å². The Hall–Kier alpha value is -1.83. The molecule has 0 bridgehead atoms. The van der Waals surface area contributed by atoms with E-state index in [-0.39, 0.29) is 12.3 Å². The van der Waals surface area contributed by atoms with E-state index in [9.17, 15) is 9.18 Å². The van der Waals surface area contributed by atoms with Crippen LogP contribution in [0.5, 0.6) is 5.75 Å². The molecule has 0 unspecified atom stereocenters. The van der Waals surface area contributed by atoms with Crippen LogP contribution < -0.4 is 15.8 Å². The maximum atomic E-state index is 13.1. The molecule has 2 aromatic rings. The van der Waals surface area contributed by atoms with Crippen molar-refractivity contribution in [2.45, 2.75) is 0 Å². The number of nitrogens with two attached hydrogens (primary N) is 1. The fourth-order valence-corrected chi connectivity index (χ4v) is 2.04. The quantitative estimate of drug-likeness (QED) is 0.627. The van der Waals surface area contributed by atoms with Crippen LogP contribution in [0, 0.1) is 9.39 Å². The second-order valence-corrected chi connectivity index (χ2v) is 5.27. The summed E-state index contributed by atoms with van der Waals surface area (Å²) in [5.74, 6) is -0.270. The number of anilines is 2. The third kappa shape index (κ3) is 4.09. The average Bonchev–Trinajstić information content (AvgIpc) is 2.41. The largest absolute Gasteiger partial charge is 0.484 e. The van der Waals surface area contributed by atoms with Crippen molar-refractivity contribution in [1.29, 1.82) is 0 Å². The molecule has 0 aromatic heterocycles. The summed E-state index contributed by atoms with van der Waals surface area (Å²) < 4.78 is 19.4. The minimum atomic E-state index is -0.465. The van der Waals surface area contributed by atoms with Crippen molar-refractivity contribution in [3.05, 3.63) is 51.9 Å². The minimum absolute atomic E-state index is 0.171. The Morgan fingerprint density at radius 2 is 2.10 bits per heavy atom. The Morgan fingerprint density at radius 1 is 1.30 bits per heavy atom. The molecule has 0 saturated heterocycles. The highest BCUT2D eigenvalue weighted by Crippen LogP contribution is 2.19. The van der Waals surface area contributed by atoms with Crippen LogP contribution in [0.25, 0.3) is 0 Å². The van der Waals surface area contributed by atoms with E-state index < -0.39 is 11.7 Å². The van der Waals surface area contributed by atoms with Gasteiger partial charge in [-0.2, -0.15) is 0 Å². The first-order chi connectivity index (χ1) is 9.54. The average molecular weight is 386 g/mol. The number of halogens is 2. The fraction of sp³-hybridized carbons (Fsp3) is 0.0714. The molecule has 0 heterocycles. The van der Waals surface area contributed by atoms with Crippen LogP contribution in [0.3, 0.4) is 0 Å². The SMILES string of the molecule is Nc1ccc(F)cc1NC(=O)COc1cccc(I)c1. The maximum Gasteiger partial charge on any atom is 0.262 e. The molecular formula is C14H12FIN2O2. The summed E-state index contributed by atoms with van der Waals surface area (Å²) in [4.78, 5) is 11.7. The number of amides is 1. The van der Waals surface area contributed by atoms with Gasteiger partial charge in [-0.1, -0.05) is 6.07 Å². The molecule has 4 nitrogen and oxygen atoms in total. The van der Waals surface area contributed by atoms with Crippen molar-refractivity contribution in [2.24, 2.45) is 0 Å². The zero-order valence-electron chi connectivity index (χ0n) is 10.4. The van der Waals surface area contributed by atoms with Crippen molar-refractivity contribution in [1.82, 2.24) is 0 Å². The Morgan fingerprint density at radius 3 is 2.85 bits per heavy atom. The van der Waals surface area contributed by atoms with E-state index in [4.69, 9.17) is 10.5 Å². The number of nitrogens with one attached hydrogen (secondary N) is 1. The molecule has 104 valence electrons. The molecule has 0 atom stereocenters. The second kappa shape index (κ2) is 6.56. The van der Waals surface area contributed by atoms with Gasteiger partial charge >= 0.3 is 0 Å². The smallest absolute Gasteiger partial charge is 0.262 e. The van der Waals surface area contributed by atoms with Crippen LogP contribution in [0.2, 0.25) is 0 Å². The summed E-state index contributed by atoms with van der Waals surface area (Å²) in [5, 5.41) is 2.51. The van der Waals surface area contributed by atoms with Crippen molar-refractivity contribution in [2.75, 3.05) is 17.7 Å². The van der Waals surface area contributed by atoms with Gasteiger partial charge in [-0.3, -0.25) is 4.79 Å². The van der Waals surface area contributed by atoms with E-state index in [1.54, 1.807) is 6.07 Å². The van der Waals surface area contributed by atoms with Gasteiger partial charge in [0.25, 0.3) is 5.91 Å². The molecule has 0 aliphatic heterocycles. The van der Waals surface area contributed by atoms with Gasteiger partial charge in [-0.05, 0) is 59.0 Å². The zero-order chi connectivity index (χ0) is 14.5. The van der Waals surface area contributed by atoms with Crippen molar-refractivity contribution in [3.63, 3.8) is 0 Å². The van der Waals surface area contributed by atoms with E-state index in [0.29, 0.717) is 11.4 Å². The van der Waals surface area contributed by atoms with Gasteiger partial charge in [0, 0.05) is 3.57 Å². The molecule has 0 saturated carbocycles. The number of carbonyl (C=O) groups excluding carboxylic acids is 1. The lowest BCUT2D eigenvalue weighted by Gasteiger charge is -2.09. The summed E-state index contributed by atoms with van der Waals surface area (Å²) in [5.41, 5.74) is 6.18. The number of carbonyl (C=O) groups is 1. The van der Waals surface area contributed by atoms with Gasteiger partial charge < -0.3 is 15.8 Å². The number of hydrogen-bond acceptors (Lipinski definition) is 3. The second-order valence-electron chi connectivity index (χ2n) is 4.03. The van der Waals surface area contributed by atoms with Gasteiger partial charge in [-0.25, -0.2) is 4.39 Å². The monoisotopic (exact) mass is 386 g/mol. The predicted octanol–water partition coefficient (Wildman–Crippen LogP) is 3.03. The third-order valence-corrected chi connectivity index (χ3v) is 3.13. The molecule has 2 rings (SSSR count). The van der Waals surface area contributed by atoms with Crippen molar-refractivity contribution in [3.8, 4) is 5.75 Å². The van der Waals surface area contributed by atoms with Gasteiger partial charge in [0.15, 0.2) is 6.61 Å². The molecule has 0 fully saturated rings.